The lowest BCUT2D eigenvalue weighted by atomic mass is 9.97. The molecule has 2 heterocycles. The van der Waals surface area contributed by atoms with Gasteiger partial charge in [0.25, 0.3) is 0 Å². The number of guanidine groups is 1. The van der Waals surface area contributed by atoms with Gasteiger partial charge < -0.3 is 19.7 Å². The Kier molecular flexibility index (Phi) is 8.39. The molecule has 2 aromatic heterocycles. The molecule has 0 spiro atoms. The number of hydrogen-bond acceptors (Lipinski definition) is 5. The van der Waals surface area contributed by atoms with Crippen molar-refractivity contribution in [3.05, 3.63) is 54.1 Å². The Morgan fingerprint density at radius 3 is 2.60 bits per heavy atom. The van der Waals surface area contributed by atoms with E-state index in [1.807, 2.05) is 64.0 Å². The van der Waals surface area contributed by atoms with E-state index in [1.54, 1.807) is 0 Å². The summed E-state index contributed by atoms with van der Waals surface area (Å²) in [7, 11) is 1.98. The van der Waals surface area contributed by atoms with E-state index in [-0.39, 0.29) is 29.4 Å². The minimum absolute atomic E-state index is 0. The molecule has 0 aliphatic carbocycles. The van der Waals surface area contributed by atoms with Gasteiger partial charge in [0.2, 0.25) is 5.89 Å². The Morgan fingerprint density at radius 2 is 1.97 bits per heavy atom. The van der Waals surface area contributed by atoms with Crippen LogP contribution in [-0.2, 0) is 18.5 Å². The highest BCUT2D eigenvalue weighted by Gasteiger charge is 2.21. The van der Waals surface area contributed by atoms with E-state index in [2.05, 4.69) is 42.6 Å². The zero-order valence-electron chi connectivity index (χ0n) is 18.1. The van der Waals surface area contributed by atoms with Crippen molar-refractivity contribution in [3.63, 3.8) is 0 Å². The fraction of sp³-hybridized carbons (Fsp3) is 0.429. The molecule has 1 aromatic carbocycles. The Hall–Kier alpha value is -2.43. The zero-order chi connectivity index (χ0) is 20.9. The Bertz CT molecular complexity index is 944. The molecule has 0 fully saturated rings. The highest BCUT2D eigenvalue weighted by molar-refractivity contribution is 14.0. The smallest absolute Gasteiger partial charge is 0.232 e. The molecule has 30 heavy (non-hydrogen) atoms. The van der Waals surface area contributed by atoms with Gasteiger partial charge in [0.15, 0.2) is 11.8 Å². The number of imidazole rings is 1. The van der Waals surface area contributed by atoms with Crippen molar-refractivity contribution in [1.82, 2.24) is 30.3 Å². The lowest BCUT2D eigenvalue weighted by Gasteiger charge is -2.20. The molecular formula is C21H30IN7O. The number of aromatic amines is 1. The number of hydrogen-bond donors (Lipinski definition) is 2. The second-order valence-corrected chi connectivity index (χ2v) is 7.90. The first-order chi connectivity index (χ1) is 13.9. The summed E-state index contributed by atoms with van der Waals surface area (Å²) in [6, 6.07) is 10.1. The molecule has 0 aliphatic heterocycles. The highest BCUT2D eigenvalue weighted by Crippen LogP contribution is 2.20. The molecule has 3 aromatic rings. The summed E-state index contributed by atoms with van der Waals surface area (Å²) in [5, 5.41) is 7.33. The Balaban J connectivity index is 0.00000320. The number of H-pyrrole nitrogens is 1. The Labute approximate surface area is 194 Å². The third-order valence-electron chi connectivity index (χ3n) is 4.28. The molecule has 0 saturated carbocycles. The maximum Gasteiger partial charge on any atom is 0.232 e. The number of nitrogens with zero attached hydrogens (tertiary/aromatic N) is 5. The minimum Gasteiger partial charge on any atom is -0.357 e. The maximum atomic E-state index is 5.34. The molecule has 162 valence electrons. The second kappa shape index (κ2) is 10.6. The van der Waals surface area contributed by atoms with Gasteiger partial charge in [-0.2, -0.15) is 4.98 Å². The molecule has 8 nitrogen and oxygen atoms in total. The molecule has 2 N–H and O–H groups in total. The minimum atomic E-state index is -0.175. The molecule has 3 rings (SSSR count). The van der Waals surface area contributed by atoms with E-state index >= 15 is 0 Å². The molecule has 0 atom stereocenters. The third-order valence-corrected chi connectivity index (χ3v) is 4.28. The summed E-state index contributed by atoms with van der Waals surface area (Å²) in [5.41, 5.74) is 1.94. The van der Waals surface area contributed by atoms with E-state index in [0.29, 0.717) is 24.8 Å². The topological polar surface area (TPSA) is 95.2 Å². The quantitative estimate of drug-likeness (QED) is 0.289. The van der Waals surface area contributed by atoms with Gasteiger partial charge in [0.1, 0.15) is 12.4 Å². The van der Waals surface area contributed by atoms with E-state index in [0.717, 1.165) is 29.6 Å². The van der Waals surface area contributed by atoms with Crippen LogP contribution in [0.2, 0.25) is 0 Å². The molecule has 0 unspecified atom stereocenters. The molecule has 9 heteroatoms. The number of nitrogens with one attached hydrogen (secondary N) is 2. The third kappa shape index (κ3) is 6.28. The molecule has 0 amide bonds. The summed E-state index contributed by atoms with van der Waals surface area (Å²) < 4.78 is 5.34. The van der Waals surface area contributed by atoms with Crippen molar-refractivity contribution in [2.24, 2.45) is 4.99 Å². The summed E-state index contributed by atoms with van der Waals surface area (Å²) in [4.78, 5) is 19.0. The monoisotopic (exact) mass is 523 g/mol. The van der Waals surface area contributed by atoms with Crippen LogP contribution in [0.3, 0.4) is 0 Å². The van der Waals surface area contributed by atoms with Crippen molar-refractivity contribution in [1.29, 1.82) is 0 Å². The van der Waals surface area contributed by atoms with Crippen LogP contribution >= 0.6 is 24.0 Å². The predicted octanol–water partition coefficient (Wildman–Crippen LogP) is 3.97. The van der Waals surface area contributed by atoms with Gasteiger partial charge in [-0.1, -0.05) is 56.3 Å². The van der Waals surface area contributed by atoms with Crippen molar-refractivity contribution in [2.75, 3.05) is 13.6 Å². The van der Waals surface area contributed by atoms with Crippen LogP contribution < -0.4 is 5.32 Å². The number of rotatable bonds is 6. The summed E-state index contributed by atoms with van der Waals surface area (Å²) >= 11 is 0. The standard InChI is InChI=1S/C21H29N7O.HI/c1-6-22-20(24-13-17-26-19(29-27-17)21(2,3)4)28(5)14-18-23-12-16(25-18)15-10-8-7-9-11-15;/h7-12H,6,13-14H2,1-5H3,(H,22,24)(H,23,25);1H. The van der Waals surface area contributed by atoms with Crippen LogP contribution in [-0.4, -0.2) is 44.6 Å². The summed E-state index contributed by atoms with van der Waals surface area (Å²) in [5.74, 6) is 2.81. The van der Waals surface area contributed by atoms with Crippen molar-refractivity contribution in [2.45, 2.75) is 46.2 Å². The van der Waals surface area contributed by atoms with Gasteiger partial charge in [-0.05, 0) is 12.5 Å². The van der Waals surface area contributed by atoms with Crippen LogP contribution in [0.5, 0.6) is 0 Å². The lowest BCUT2D eigenvalue weighted by Crippen LogP contribution is -2.38. The van der Waals surface area contributed by atoms with Gasteiger partial charge in [0.05, 0.1) is 18.4 Å². The second-order valence-electron chi connectivity index (χ2n) is 7.90. The molecular weight excluding hydrogens is 493 g/mol. The maximum absolute atomic E-state index is 5.34. The van der Waals surface area contributed by atoms with E-state index < -0.39 is 0 Å². The van der Waals surface area contributed by atoms with Gasteiger partial charge in [0, 0.05) is 19.0 Å². The van der Waals surface area contributed by atoms with Crippen LogP contribution in [0, 0.1) is 0 Å². The SMILES string of the molecule is CCNC(=NCc1noc(C(C)(C)C)n1)N(C)Cc1ncc(-c2ccccc2)[nH]1.I. The van der Waals surface area contributed by atoms with Crippen LogP contribution in [0.1, 0.15) is 45.2 Å². The molecule has 0 saturated heterocycles. The van der Waals surface area contributed by atoms with E-state index in [9.17, 15) is 0 Å². The number of benzene rings is 1. The molecule has 0 radical (unpaired) electrons. The van der Waals surface area contributed by atoms with Crippen molar-refractivity contribution >= 4 is 29.9 Å². The lowest BCUT2D eigenvalue weighted by molar-refractivity contribution is 0.318. The average molecular weight is 523 g/mol. The van der Waals surface area contributed by atoms with Crippen LogP contribution in [0.15, 0.2) is 46.0 Å². The fourth-order valence-electron chi connectivity index (χ4n) is 2.74. The average Bonchev–Trinajstić information content (AvgIpc) is 3.35. The predicted molar refractivity (Wildman–Crippen MR) is 129 cm³/mol. The first kappa shape index (κ1) is 23.8. The fourth-order valence-corrected chi connectivity index (χ4v) is 2.74. The number of halogens is 1. The van der Waals surface area contributed by atoms with Crippen LogP contribution in [0.4, 0.5) is 0 Å². The first-order valence-corrected chi connectivity index (χ1v) is 9.78. The number of aromatic nitrogens is 4. The van der Waals surface area contributed by atoms with Crippen LogP contribution in [0.25, 0.3) is 11.3 Å². The summed E-state index contributed by atoms with van der Waals surface area (Å²) in [6.45, 7) is 9.86. The normalized spacial score (nSPS) is 11.8. The highest BCUT2D eigenvalue weighted by atomic mass is 127. The first-order valence-electron chi connectivity index (χ1n) is 9.78. The largest absolute Gasteiger partial charge is 0.357 e. The van der Waals surface area contributed by atoms with Gasteiger partial charge in [-0.25, -0.2) is 9.98 Å². The summed E-state index contributed by atoms with van der Waals surface area (Å²) in [6.07, 6.45) is 1.86. The molecule has 0 bridgehead atoms. The molecule has 0 aliphatic rings. The number of aliphatic imine (C=N–C) groups is 1. The van der Waals surface area contributed by atoms with Crippen molar-refractivity contribution < 1.29 is 4.52 Å². The van der Waals surface area contributed by atoms with Gasteiger partial charge in [-0.3, -0.25) is 0 Å². The van der Waals surface area contributed by atoms with Gasteiger partial charge >= 0.3 is 0 Å². The van der Waals surface area contributed by atoms with E-state index in [4.69, 9.17) is 4.52 Å². The zero-order valence-corrected chi connectivity index (χ0v) is 20.5. The van der Waals surface area contributed by atoms with Crippen molar-refractivity contribution in [3.8, 4) is 11.3 Å². The Morgan fingerprint density at radius 1 is 1.23 bits per heavy atom. The van der Waals surface area contributed by atoms with E-state index in [1.165, 1.54) is 0 Å². The van der Waals surface area contributed by atoms with Gasteiger partial charge in [-0.15, -0.1) is 24.0 Å².